The predicted octanol–water partition coefficient (Wildman–Crippen LogP) is 5.19. The number of hydrogen-bond donors (Lipinski definition) is 2. The zero-order chi connectivity index (χ0) is 30.2. The summed E-state index contributed by atoms with van der Waals surface area (Å²) < 4.78 is 27.8. The Morgan fingerprint density at radius 1 is 0.860 bits per heavy atom. The van der Waals surface area contributed by atoms with E-state index in [9.17, 15) is 18.0 Å². The molecule has 4 aromatic rings. The minimum Gasteiger partial charge on any atom is -0.350 e. The summed E-state index contributed by atoms with van der Waals surface area (Å²) in [6.07, 6.45) is 5.55. The van der Waals surface area contributed by atoms with Crippen LogP contribution in [0.5, 0.6) is 0 Å². The molecule has 0 saturated heterocycles. The molecule has 222 valence electrons. The first-order chi connectivity index (χ1) is 20.8. The van der Waals surface area contributed by atoms with Gasteiger partial charge in [-0.15, -0.1) is 0 Å². The van der Waals surface area contributed by atoms with Crippen LogP contribution >= 0.6 is 11.6 Å². The molecule has 43 heavy (non-hydrogen) atoms. The van der Waals surface area contributed by atoms with Gasteiger partial charge in [-0.1, -0.05) is 66.2 Å². The van der Waals surface area contributed by atoms with Gasteiger partial charge >= 0.3 is 0 Å². The number of benzene rings is 3. The van der Waals surface area contributed by atoms with Crippen LogP contribution in [0.3, 0.4) is 0 Å². The van der Waals surface area contributed by atoms with E-state index < -0.39 is 16.1 Å². The van der Waals surface area contributed by atoms with Gasteiger partial charge < -0.3 is 10.2 Å². The summed E-state index contributed by atoms with van der Waals surface area (Å²) in [7, 11) is -3.56. The molecule has 5 rings (SSSR count). The van der Waals surface area contributed by atoms with Gasteiger partial charge in [-0.25, -0.2) is 13.1 Å². The molecule has 2 N–H and O–H groups in total. The molecule has 2 amide bonds. The van der Waals surface area contributed by atoms with Gasteiger partial charge in [0.15, 0.2) is 0 Å². The molecule has 8 nitrogen and oxygen atoms in total. The van der Waals surface area contributed by atoms with Crippen molar-refractivity contribution in [2.75, 3.05) is 0 Å². The summed E-state index contributed by atoms with van der Waals surface area (Å²) in [5.74, 6) is -0.516. The van der Waals surface area contributed by atoms with E-state index in [1.807, 2.05) is 54.6 Å². The Balaban J connectivity index is 1.37. The molecule has 1 fully saturated rings. The summed E-state index contributed by atoms with van der Waals surface area (Å²) in [6, 6.07) is 25.8. The molecular weight excluding hydrogens is 584 g/mol. The molecular formula is C33H33ClN4O4S. The van der Waals surface area contributed by atoms with Gasteiger partial charge in [0.2, 0.25) is 21.8 Å². The monoisotopic (exact) mass is 616 g/mol. The molecule has 1 heterocycles. The van der Waals surface area contributed by atoms with Crippen molar-refractivity contribution in [1.82, 2.24) is 19.9 Å². The maximum Gasteiger partial charge on any atom is 0.247 e. The second kappa shape index (κ2) is 13.9. The van der Waals surface area contributed by atoms with Crippen LogP contribution in [0.2, 0.25) is 5.02 Å². The van der Waals surface area contributed by atoms with E-state index >= 15 is 0 Å². The first kappa shape index (κ1) is 30.4. The Hall–Kier alpha value is -4.05. The summed E-state index contributed by atoms with van der Waals surface area (Å²) >= 11 is 6.11. The first-order valence-corrected chi connectivity index (χ1v) is 16.0. The third-order valence-electron chi connectivity index (χ3n) is 7.24. The van der Waals surface area contributed by atoms with Gasteiger partial charge in [0.1, 0.15) is 6.04 Å². The molecule has 1 aliphatic rings. The van der Waals surface area contributed by atoms with Crippen molar-refractivity contribution in [3.05, 3.63) is 131 Å². The number of pyridine rings is 1. The fourth-order valence-electron chi connectivity index (χ4n) is 4.72. The molecule has 0 unspecified atom stereocenters. The maximum atomic E-state index is 13.9. The Kier molecular flexibility index (Phi) is 9.86. The largest absolute Gasteiger partial charge is 0.350 e. The number of nitrogens with zero attached hydrogens (tertiary/aromatic N) is 2. The smallest absolute Gasteiger partial charge is 0.247 e. The van der Waals surface area contributed by atoms with E-state index in [1.165, 1.54) is 0 Å². The Morgan fingerprint density at radius 3 is 2.16 bits per heavy atom. The number of nitrogens with one attached hydrogen (secondary N) is 2. The fraction of sp³-hybridized carbons (Fsp3) is 0.242. The molecule has 0 bridgehead atoms. The van der Waals surface area contributed by atoms with Crippen LogP contribution in [0.1, 0.15) is 47.6 Å². The zero-order valence-electron chi connectivity index (χ0n) is 23.5. The van der Waals surface area contributed by atoms with Crippen molar-refractivity contribution < 1.29 is 18.0 Å². The van der Waals surface area contributed by atoms with Crippen molar-refractivity contribution in [3.8, 4) is 0 Å². The maximum absolute atomic E-state index is 13.9. The van der Waals surface area contributed by atoms with Crippen molar-refractivity contribution in [3.63, 3.8) is 0 Å². The summed E-state index contributed by atoms with van der Waals surface area (Å²) in [5, 5.41) is 3.57. The van der Waals surface area contributed by atoms with Crippen molar-refractivity contribution in [2.45, 2.75) is 55.8 Å². The average Bonchev–Trinajstić information content (AvgIpc) is 3.84. The number of sulfonamides is 1. The van der Waals surface area contributed by atoms with E-state index in [2.05, 4.69) is 15.0 Å². The summed E-state index contributed by atoms with van der Waals surface area (Å²) in [5.41, 5.74) is 3.24. The highest BCUT2D eigenvalue weighted by Gasteiger charge is 2.31. The molecule has 0 spiro atoms. The molecule has 1 aliphatic carbocycles. The van der Waals surface area contributed by atoms with E-state index in [-0.39, 0.29) is 35.7 Å². The van der Waals surface area contributed by atoms with Crippen molar-refractivity contribution in [2.24, 2.45) is 0 Å². The third-order valence-corrected chi connectivity index (χ3v) is 9.03. The number of halogens is 1. The number of aromatic nitrogens is 1. The highest BCUT2D eigenvalue weighted by molar-refractivity contribution is 7.89. The third kappa shape index (κ3) is 8.50. The van der Waals surface area contributed by atoms with Crippen LogP contribution in [0, 0.1) is 0 Å². The fourth-order valence-corrected chi connectivity index (χ4v) is 6.15. The average molecular weight is 617 g/mol. The number of aryl methyl sites for hydroxylation is 1. The molecule has 0 radical (unpaired) electrons. The van der Waals surface area contributed by atoms with Crippen molar-refractivity contribution >= 4 is 33.4 Å². The minimum absolute atomic E-state index is 0.0217. The highest BCUT2D eigenvalue weighted by atomic mass is 35.5. The van der Waals surface area contributed by atoms with Gasteiger partial charge in [0.05, 0.1) is 4.90 Å². The van der Waals surface area contributed by atoms with E-state index in [0.29, 0.717) is 23.6 Å². The van der Waals surface area contributed by atoms with E-state index in [4.69, 9.17) is 11.6 Å². The first-order valence-electron chi connectivity index (χ1n) is 14.2. The Labute approximate surface area is 257 Å². The summed E-state index contributed by atoms with van der Waals surface area (Å²) in [4.78, 5) is 33.6. The quantitative estimate of drug-likeness (QED) is 0.215. The lowest BCUT2D eigenvalue weighted by Crippen LogP contribution is -2.43. The summed E-state index contributed by atoms with van der Waals surface area (Å²) in [6.45, 7) is 0.487. The van der Waals surface area contributed by atoms with Gasteiger partial charge in [-0.2, -0.15) is 0 Å². The second-order valence-electron chi connectivity index (χ2n) is 10.6. The zero-order valence-corrected chi connectivity index (χ0v) is 25.1. The number of amides is 2. The van der Waals surface area contributed by atoms with Crippen LogP contribution in [0.4, 0.5) is 0 Å². The molecule has 10 heteroatoms. The molecule has 0 aliphatic heterocycles. The lowest BCUT2D eigenvalue weighted by atomic mass is 10.0. The van der Waals surface area contributed by atoms with E-state index in [0.717, 1.165) is 29.5 Å². The number of carbonyl (C=O) groups excluding carboxylic acids is 2. The molecule has 1 saturated carbocycles. The van der Waals surface area contributed by atoms with Gasteiger partial charge in [-0.05, 0) is 77.9 Å². The van der Waals surface area contributed by atoms with Crippen molar-refractivity contribution in [1.29, 1.82) is 0 Å². The molecule has 3 aromatic carbocycles. The van der Waals surface area contributed by atoms with Crippen LogP contribution in [-0.2, 0) is 39.1 Å². The van der Waals surface area contributed by atoms with Crippen LogP contribution in [0.25, 0.3) is 0 Å². The van der Waals surface area contributed by atoms with Crippen LogP contribution < -0.4 is 10.0 Å². The van der Waals surface area contributed by atoms with Crippen LogP contribution in [-0.4, -0.2) is 36.2 Å². The normalized spacial score (nSPS) is 13.7. The standard InChI is InChI=1S/C33H33ClN4O4S/c34-28-11-6-26(7-12-28)23-38(31(39)17-10-24-8-15-30(16-9-24)43(41,42)37-29-13-14-29)32(27-4-2-1-3-5-27)33(40)36-22-25-18-20-35-21-19-25/h1-9,11-12,15-16,18-21,29,32,37H,10,13-14,17,22-23H2,(H,36,40)/t32-/m1/s1. The lowest BCUT2D eigenvalue weighted by Gasteiger charge is -2.32. The van der Waals surface area contributed by atoms with Gasteiger partial charge in [-0.3, -0.25) is 14.6 Å². The molecule has 1 aromatic heterocycles. The predicted molar refractivity (Wildman–Crippen MR) is 165 cm³/mol. The SMILES string of the molecule is O=C(NCc1ccncc1)[C@@H](c1ccccc1)N(Cc1ccc(Cl)cc1)C(=O)CCc1ccc(S(=O)(=O)NC2CC2)cc1. The topological polar surface area (TPSA) is 108 Å². The minimum atomic E-state index is -3.56. The highest BCUT2D eigenvalue weighted by Crippen LogP contribution is 2.26. The van der Waals surface area contributed by atoms with Gasteiger partial charge in [0, 0.05) is 43.0 Å². The Morgan fingerprint density at radius 2 is 1.51 bits per heavy atom. The van der Waals surface area contributed by atoms with Gasteiger partial charge in [0.25, 0.3) is 0 Å². The Bertz CT molecular complexity index is 1630. The number of rotatable bonds is 13. The number of carbonyl (C=O) groups is 2. The number of hydrogen-bond acceptors (Lipinski definition) is 5. The van der Waals surface area contributed by atoms with E-state index in [1.54, 1.807) is 53.7 Å². The second-order valence-corrected chi connectivity index (χ2v) is 12.7. The van der Waals surface area contributed by atoms with Crippen LogP contribution in [0.15, 0.2) is 108 Å². The lowest BCUT2D eigenvalue weighted by molar-refractivity contribution is -0.141. The molecule has 1 atom stereocenters.